The summed E-state index contributed by atoms with van der Waals surface area (Å²) in [5.41, 5.74) is 0.835. The van der Waals surface area contributed by atoms with Gasteiger partial charge in [0.1, 0.15) is 5.82 Å². The largest absolute Gasteiger partial charge is 0.304 e. The molecule has 0 spiro atoms. The van der Waals surface area contributed by atoms with Gasteiger partial charge in [-0.05, 0) is 43.3 Å². The van der Waals surface area contributed by atoms with E-state index in [4.69, 9.17) is 23.2 Å². The van der Waals surface area contributed by atoms with E-state index in [0.717, 1.165) is 6.07 Å². The SMILES string of the molecule is CC1CC(=O)c2cc(F)ccc2N1C(=O)c1cc(Cl)ccc1Cl. The number of rotatable bonds is 1. The van der Waals surface area contributed by atoms with Crippen molar-refractivity contribution in [2.75, 3.05) is 4.90 Å². The van der Waals surface area contributed by atoms with Gasteiger partial charge in [-0.2, -0.15) is 0 Å². The highest BCUT2D eigenvalue weighted by molar-refractivity contribution is 6.36. The Labute approximate surface area is 142 Å². The molecule has 1 unspecified atom stereocenters. The number of Topliss-reactive ketones (excluding diaryl/α,β-unsaturated/α-hetero) is 1. The lowest BCUT2D eigenvalue weighted by molar-refractivity contribution is 0.0936. The van der Waals surface area contributed by atoms with Gasteiger partial charge in [0.2, 0.25) is 0 Å². The molecule has 1 heterocycles. The third-order valence-corrected chi connectivity index (χ3v) is 4.38. The molecular formula is C17H12Cl2FNO2. The number of amides is 1. The van der Waals surface area contributed by atoms with E-state index in [2.05, 4.69) is 0 Å². The Morgan fingerprint density at radius 1 is 1.22 bits per heavy atom. The average Bonchev–Trinajstić information content (AvgIpc) is 2.50. The molecule has 118 valence electrons. The highest BCUT2D eigenvalue weighted by Gasteiger charge is 2.34. The molecular weight excluding hydrogens is 340 g/mol. The lowest BCUT2D eigenvalue weighted by Gasteiger charge is -2.34. The Morgan fingerprint density at radius 2 is 1.96 bits per heavy atom. The van der Waals surface area contributed by atoms with E-state index >= 15 is 0 Å². The summed E-state index contributed by atoms with van der Waals surface area (Å²) in [4.78, 5) is 26.5. The number of ketones is 1. The van der Waals surface area contributed by atoms with Crippen LogP contribution in [0.2, 0.25) is 10.0 Å². The van der Waals surface area contributed by atoms with Crippen molar-refractivity contribution in [1.82, 2.24) is 0 Å². The van der Waals surface area contributed by atoms with E-state index < -0.39 is 5.82 Å². The van der Waals surface area contributed by atoms with Crippen molar-refractivity contribution < 1.29 is 14.0 Å². The van der Waals surface area contributed by atoms with Crippen molar-refractivity contribution in [2.45, 2.75) is 19.4 Å². The molecule has 0 fully saturated rings. The van der Waals surface area contributed by atoms with Gasteiger partial charge in [-0.1, -0.05) is 23.2 Å². The number of carbonyl (C=O) groups is 2. The maximum absolute atomic E-state index is 13.4. The molecule has 3 rings (SSSR count). The standard InChI is InChI=1S/C17H12Cl2FNO2/c1-9-6-16(22)13-8-11(20)3-5-15(13)21(9)17(23)12-7-10(18)2-4-14(12)19/h2-5,7-9H,6H2,1H3. The number of anilines is 1. The molecule has 1 amide bonds. The van der Waals surface area contributed by atoms with Crippen molar-refractivity contribution >= 4 is 40.6 Å². The normalized spacial score (nSPS) is 17.1. The fourth-order valence-corrected chi connectivity index (χ4v) is 3.12. The minimum absolute atomic E-state index is 0.125. The molecule has 0 bridgehead atoms. The number of hydrogen-bond donors (Lipinski definition) is 0. The molecule has 1 atom stereocenters. The van der Waals surface area contributed by atoms with Gasteiger partial charge < -0.3 is 4.90 Å². The van der Waals surface area contributed by atoms with Crippen molar-refractivity contribution in [2.24, 2.45) is 0 Å². The molecule has 2 aromatic rings. The maximum atomic E-state index is 13.4. The molecule has 0 aromatic heterocycles. The molecule has 0 saturated heterocycles. The van der Waals surface area contributed by atoms with Gasteiger partial charge >= 0.3 is 0 Å². The van der Waals surface area contributed by atoms with Crippen molar-refractivity contribution in [3.05, 3.63) is 63.4 Å². The molecule has 0 saturated carbocycles. The van der Waals surface area contributed by atoms with Gasteiger partial charge in [0.25, 0.3) is 5.91 Å². The van der Waals surface area contributed by atoms with Gasteiger partial charge in [-0.25, -0.2) is 4.39 Å². The summed E-state index contributed by atoms with van der Waals surface area (Å²) in [7, 11) is 0. The fourth-order valence-electron chi connectivity index (χ4n) is 2.75. The smallest absolute Gasteiger partial charge is 0.260 e. The van der Waals surface area contributed by atoms with Gasteiger partial charge in [-0.3, -0.25) is 9.59 Å². The minimum Gasteiger partial charge on any atom is -0.304 e. The van der Waals surface area contributed by atoms with Gasteiger partial charge in [0.05, 0.1) is 16.3 Å². The molecule has 3 nitrogen and oxygen atoms in total. The molecule has 0 radical (unpaired) electrons. The van der Waals surface area contributed by atoms with E-state index in [-0.39, 0.29) is 40.3 Å². The van der Waals surface area contributed by atoms with E-state index in [9.17, 15) is 14.0 Å². The quantitative estimate of drug-likeness (QED) is 0.743. The summed E-state index contributed by atoms with van der Waals surface area (Å²) in [6.45, 7) is 1.76. The van der Waals surface area contributed by atoms with Crippen molar-refractivity contribution in [3.63, 3.8) is 0 Å². The number of benzene rings is 2. The van der Waals surface area contributed by atoms with Crippen LogP contribution < -0.4 is 4.90 Å². The highest BCUT2D eigenvalue weighted by atomic mass is 35.5. The summed E-state index contributed by atoms with van der Waals surface area (Å²) < 4.78 is 13.4. The second-order valence-corrected chi connectivity index (χ2v) is 6.28. The second kappa shape index (κ2) is 5.95. The van der Waals surface area contributed by atoms with Crippen LogP contribution >= 0.6 is 23.2 Å². The monoisotopic (exact) mass is 351 g/mol. The lowest BCUT2D eigenvalue weighted by Crippen LogP contribution is -2.44. The summed E-state index contributed by atoms with van der Waals surface area (Å²) in [5, 5.41) is 0.657. The van der Waals surface area contributed by atoms with Crippen molar-refractivity contribution in [3.8, 4) is 0 Å². The number of fused-ring (bicyclic) bond motifs is 1. The van der Waals surface area contributed by atoms with E-state index in [1.54, 1.807) is 19.1 Å². The van der Waals surface area contributed by atoms with Gasteiger partial charge in [0.15, 0.2) is 5.78 Å². The van der Waals surface area contributed by atoms with Crippen LogP contribution in [0.15, 0.2) is 36.4 Å². The Balaban J connectivity index is 2.12. The molecule has 23 heavy (non-hydrogen) atoms. The molecule has 2 aromatic carbocycles. The lowest BCUT2D eigenvalue weighted by atomic mass is 9.94. The third kappa shape index (κ3) is 2.84. The second-order valence-electron chi connectivity index (χ2n) is 5.44. The van der Waals surface area contributed by atoms with Crippen LogP contribution in [-0.4, -0.2) is 17.7 Å². The number of carbonyl (C=O) groups excluding carboxylic acids is 2. The van der Waals surface area contributed by atoms with Gasteiger partial charge in [0, 0.05) is 23.0 Å². The number of nitrogens with zero attached hydrogens (tertiary/aromatic N) is 1. The summed E-state index contributed by atoms with van der Waals surface area (Å²) in [5.74, 6) is -1.07. The molecule has 0 N–H and O–H groups in total. The highest BCUT2D eigenvalue weighted by Crippen LogP contribution is 2.34. The van der Waals surface area contributed by atoms with E-state index in [1.165, 1.54) is 23.1 Å². The predicted molar refractivity (Wildman–Crippen MR) is 88.1 cm³/mol. The van der Waals surface area contributed by atoms with Crippen molar-refractivity contribution in [1.29, 1.82) is 0 Å². The van der Waals surface area contributed by atoms with Crippen LogP contribution in [0.1, 0.15) is 34.1 Å². The predicted octanol–water partition coefficient (Wildman–Crippen LogP) is 4.75. The third-order valence-electron chi connectivity index (χ3n) is 3.82. The zero-order valence-electron chi connectivity index (χ0n) is 12.1. The Kier molecular flexibility index (Phi) is 4.13. The van der Waals surface area contributed by atoms with Crippen LogP contribution in [0.25, 0.3) is 0 Å². The van der Waals surface area contributed by atoms with E-state index in [1.807, 2.05) is 0 Å². The Hall–Kier alpha value is -1.91. The van der Waals surface area contributed by atoms with Crippen LogP contribution in [-0.2, 0) is 0 Å². The number of halogens is 3. The summed E-state index contributed by atoms with van der Waals surface area (Å²) >= 11 is 12.1. The van der Waals surface area contributed by atoms with Crippen LogP contribution in [0.4, 0.5) is 10.1 Å². The Bertz CT molecular complexity index is 822. The first-order valence-corrected chi connectivity index (χ1v) is 7.75. The zero-order chi connectivity index (χ0) is 16.7. The summed E-state index contributed by atoms with van der Waals surface area (Å²) in [6, 6.07) is 8.08. The fraction of sp³-hybridized carbons (Fsp3) is 0.176. The summed E-state index contributed by atoms with van der Waals surface area (Å²) in [6.07, 6.45) is 0.125. The topological polar surface area (TPSA) is 37.4 Å². The van der Waals surface area contributed by atoms with Crippen LogP contribution in [0.3, 0.4) is 0 Å². The average molecular weight is 352 g/mol. The van der Waals surface area contributed by atoms with Gasteiger partial charge in [-0.15, -0.1) is 0 Å². The minimum atomic E-state index is -0.514. The Morgan fingerprint density at radius 3 is 2.70 bits per heavy atom. The van der Waals surface area contributed by atoms with E-state index in [0.29, 0.717) is 10.7 Å². The zero-order valence-corrected chi connectivity index (χ0v) is 13.7. The molecule has 0 aliphatic carbocycles. The first-order chi connectivity index (χ1) is 10.9. The maximum Gasteiger partial charge on any atom is 0.260 e. The van der Waals surface area contributed by atoms with Crippen LogP contribution in [0, 0.1) is 5.82 Å². The first-order valence-electron chi connectivity index (χ1n) is 7.00. The molecule has 1 aliphatic rings. The molecule has 6 heteroatoms. The van der Waals surface area contributed by atoms with Crippen LogP contribution in [0.5, 0.6) is 0 Å². The number of hydrogen-bond acceptors (Lipinski definition) is 2. The first kappa shape index (κ1) is 16.0. The molecule has 1 aliphatic heterocycles.